The highest BCUT2D eigenvalue weighted by Crippen LogP contribution is 2.36. The lowest BCUT2D eigenvalue weighted by Gasteiger charge is -2.28. The van der Waals surface area contributed by atoms with E-state index in [1.165, 1.54) is 18.5 Å². The van der Waals surface area contributed by atoms with Gasteiger partial charge < -0.3 is 20.1 Å². The highest BCUT2D eigenvalue weighted by atomic mass is 19.1. The number of aromatic amines is 1. The second-order valence-corrected chi connectivity index (χ2v) is 8.90. The van der Waals surface area contributed by atoms with E-state index in [0.717, 1.165) is 32.1 Å². The first kappa shape index (κ1) is 20.9. The third-order valence-corrected chi connectivity index (χ3v) is 6.41. The second-order valence-electron chi connectivity index (χ2n) is 8.90. The van der Waals surface area contributed by atoms with Gasteiger partial charge in [0.15, 0.2) is 0 Å². The van der Waals surface area contributed by atoms with Crippen LogP contribution in [0.2, 0.25) is 0 Å². The van der Waals surface area contributed by atoms with Crippen LogP contribution in [-0.4, -0.2) is 44.7 Å². The molecule has 0 saturated heterocycles. The maximum absolute atomic E-state index is 14.2. The molecule has 2 heterocycles. The van der Waals surface area contributed by atoms with Gasteiger partial charge in [0.2, 0.25) is 0 Å². The first-order valence-electron chi connectivity index (χ1n) is 11.3. The van der Waals surface area contributed by atoms with Gasteiger partial charge in [0.05, 0.1) is 29.8 Å². The average Bonchev–Trinajstić information content (AvgIpc) is 3.54. The van der Waals surface area contributed by atoms with Crippen molar-refractivity contribution in [2.45, 2.75) is 57.6 Å². The highest BCUT2D eigenvalue weighted by molar-refractivity contribution is 6.09. The minimum absolute atomic E-state index is 0.271. The van der Waals surface area contributed by atoms with Gasteiger partial charge in [-0.2, -0.15) is 0 Å². The summed E-state index contributed by atoms with van der Waals surface area (Å²) in [6, 6.07) is 4.12. The number of aromatic nitrogens is 3. The zero-order valence-electron chi connectivity index (χ0n) is 18.0. The van der Waals surface area contributed by atoms with E-state index in [2.05, 4.69) is 20.3 Å². The first-order valence-corrected chi connectivity index (χ1v) is 11.3. The number of carbonyl (C=O) groups is 1. The number of nitrogens with one attached hydrogen (secondary N) is 2. The fourth-order valence-corrected chi connectivity index (χ4v) is 4.43. The molecule has 2 aromatic heterocycles. The number of hydrogen-bond acceptors (Lipinski definition) is 5. The Morgan fingerprint density at radius 3 is 2.84 bits per heavy atom. The largest absolute Gasteiger partial charge is 0.493 e. The van der Waals surface area contributed by atoms with Crippen LogP contribution in [0.15, 0.2) is 24.5 Å². The summed E-state index contributed by atoms with van der Waals surface area (Å²) in [5, 5.41) is 13.2. The lowest BCUT2D eigenvalue weighted by atomic mass is 9.92. The van der Waals surface area contributed by atoms with Crippen LogP contribution >= 0.6 is 0 Å². The number of carbonyl (C=O) groups excluding carboxylic acids is 1. The van der Waals surface area contributed by atoms with Crippen LogP contribution in [0, 0.1) is 18.7 Å². The SMILES string of the molecule is Cc1[nH]c2c(-c3cc(F)ccc3OCC3CC3)ncnc2c1C(=O)N[C@@H]1CCCC[C@@H]1O. The number of H-pyrrole nitrogens is 1. The molecule has 2 saturated carbocycles. The zero-order chi connectivity index (χ0) is 22.2. The van der Waals surface area contributed by atoms with E-state index < -0.39 is 11.9 Å². The van der Waals surface area contributed by atoms with Crippen molar-refractivity contribution in [3.05, 3.63) is 41.6 Å². The van der Waals surface area contributed by atoms with Crippen LogP contribution in [0.5, 0.6) is 5.75 Å². The summed E-state index contributed by atoms with van der Waals surface area (Å²) in [6.07, 6.45) is 6.53. The van der Waals surface area contributed by atoms with Gasteiger partial charge in [-0.1, -0.05) is 12.8 Å². The summed E-state index contributed by atoms with van der Waals surface area (Å²) < 4.78 is 20.1. The molecule has 1 aromatic carbocycles. The molecule has 0 unspecified atom stereocenters. The Labute approximate surface area is 185 Å². The van der Waals surface area contributed by atoms with E-state index >= 15 is 0 Å². The van der Waals surface area contributed by atoms with Crippen molar-refractivity contribution in [1.82, 2.24) is 20.3 Å². The minimum atomic E-state index is -0.540. The number of ether oxygens (including phenoxy) is 1. The summed E-state index contributed by atoms with van der Waals surface area (Å²) in [7, 11) is 0. The predicted octanol–water partition coefficient (Wildman–Crippen LogP) is 3.89. The molecular formula is C24H27FN4O3. The molecule has 2 fully saturated rings. The number of fused-ring (bicyclic) bond motifs is 1. The van der Waals surface area contributed by atoms with E-state index in [-0.39, 0.29) is 11.9 Å². The molecule has 8 heteroatoms. The molecule has 3 aromatic rings. The van der Waals surface area contributed by atoms with Crippen molar-refractivity contribution < 1.29 is 19.0 Å². The van der Waals surface area contributed by atoms with Crippen LogP contribution in [0.25, 0.3) is 22.3 Å². The summed E-state index contributed by atoms with van der Waals surface area (Å²) in [6.45, 7) is 2.39. The van der Waals surface area contributed by atoms with Gasteiger partial charge in [-0.05, 0) is 56.7 Å². The number of amides is 1. The number of aliphatic hydroxyl groups is 1. The Morgan fingerprint density at radius 1 is 1.25 bits per heavy atom. The fraction of sp³-hybridized carbons (Fsp3) is 0.458. The number of aliphatic hydroxyl groups excluding tert-OH is 1. The number of benzene rings is 1. The van der Waals surface area contributed by atoms with Crippen LogP contribution < -0.4 is 10.1 Å². The van der Waals surface area contributed by atoms with Crippen LogP contribution in [0.4, 0.5) is 4.39 Å². The molecule has 0 bridgehead atoms. The average molecular weight is 439 g/mol. The standard InChI is InChI=1S/C24H27FN4O3/c1-13-20(24(31)29-17-4-2-3-5-18(17)30)22-23(28-13)21(26-12-27-22)16-10-15(25)8-9-19(16)32-11-14-6-7-14/h8-10,12,14,17-18,28,30H,2-7,11H2,1H3,(H,29,31)/t17-,18+/m1/s1. The molecule has 0 aliphatic heterocycles. The third kappa shape index (κ3) is 4.07. The van der Waals surface area contributed by atoms with E-state index in [1.54, 1.807) is 13.0 Å². The van der Waals surface area contributed by atoms with Crippen molar-refractivity contribution >= 4 is 16.9 Å². The Balaban J connectivity index is 1.51. The molecule has 2 aliphatic carbocycles. The third-order valence-electron chi connectivity index (χ3n) is 6.41. The molecule has 168 valence electrons. The van der Waals surface area contributed by atoms with Crippen molar-refractivity contribution in [2.75, 3.05) is 6.61 Å². The van der Waals surface area contributed by atoms with E-state index in [0.29, 0.717) is 58.2 Å². The Hall–Kier alpha value is -3.00. The number of rotatable bonds is 6. The number of nitrogens with zero attached hydrogens (tertiary/aromatic N) is 2. The predicted molar refractivity (Wildman–Crippen MR) is 118 cm³/mol. The first-order chi connectivity index (χ1) is 15.5. The van der Waals surface area contributed by atoms with Crippen LogP contribution in [0.3, 0.4) is 0 Å². The number of aryl methyl sites for hydroxylation is 1. The van der Waals surface area contributed by atoms with Gasteiger partial charge in [0, 0.05) is 11.3 Å². The second kappa shape index (κ2) is 8.50. The summed E-state index contributed by atoms with van der Waals surface area (Å²) >= 11 is 0. The monoisotopic (exact) mass is 438 g/mol. The molecule has 5 rings (SSSR count). The van der Waals surface area contributed by atoms with Crippen molar-refractivity contribution in [3.8, 4) is 17.0 Å². The summed E-state index contributed by atoms with van der Waals surface area (Å²) in [5.74, 6) is 0.435. The van der Waals surface area contributed by atoms with E-state index in [9.17, 15) is 14.3 Å². The van der Waals surface area contributed by atoms with Gasteiger partial charge in [0.25, 0.3) is 5.91 Å². The molecule has 2 aliphatic rings. The minimum Gasteiger partial charge on any atom is -0.493 e. The topological polar surface area (TPSA) is 100 Å². The normalized spacial score (nSPS) is 21.0. The molecule has 3 N–H and O–H groups in total. The highest BCUT2D eigenvalue weighted by Gasteiger charge is 2.28. The Kier molecular flexibility index (Phi) is 5.55. The molecule has 32 heavy (non-hydrogen) atoms. The molecule has 0 spiro atoms. The maximum Gasteiger partial charge on any atom is 0.255 e. The van der Waals surface area contributed by atoms with Crippen LogP contribution in [0.1, 0.15) is 54.6 Å². The smallest absolute Gasteiger partial charge is 0.255 e. The molecule has 1 amide bonds. The molecular weight excluding hydrogens is 411 g/mol. The van der Waals surface area contributed by atoms with Crippen molar-refractivity contribution in [2.24, 2.45) is 5.92 Å². The van der Waals surface area contributed by atoms with E-state index in [1.807, 2.05) is 0 Å². The van der Waals surface area contributed by atoms with Gasteiger partial charge in [-0.15, -0.1) is 0 Å². The number of hydrogen-bond donors (Lipinski definition) is 3. The molecule has 2 atom stereocenters. The lowest BCUT2D eigenvalue weighted by Crippen LogP contribution is -2.45. The summed E-state index contributed by atoms with van der Waals surface area (Å²) in [4.78, 5) is 25.1. The lowest BCUT2D eigenvalue weighted by molar-refractivity contribution is 0.0718. The van der Waals surface area contributed by atoms with Crippen LogP contribution in [-0.2, 0) is 0 Å². The van der Waals surface area contributed by atoms with Crippen molar-refractivity contribution in [1.29, 1.82) is 0 Å². The maximum atomic E-state index is 14.2. The Morgan fingerprint density at radius 2 is 2.06 bits per heavy atom. The van der Waals surface area contributed by atoms with Gasteiger partial charge in [0.1, 0.15) is 29.1 Å². The van der Waals surface area contributed by atoms with Gasteiger partial charge in [-0.3, -0.25) is 4.79 Å². The molecule has 0 radical (unpaired) electrons. The zero-order valence-corrected chi connectivity index (χ0v) is 18.0. The summed E-state index contributed by atoms with van der Waals surface area (Å²) in [5.41, 5.74) is 3.09. The number of halogens is 1. The Bertz CT molecular complexity index is 1160. The van der Waals surface area contributed by atoms with Crippen molar-refractivity contribution in [3.63, 3.8) is 0 Å². The molecule has 7 nitrogen and oxygen atoms in total. The fourth-order valence-electron chi connectivity index (χ4n) is 4.43. The van der Waals surface area contributed by atoms with Gasteiger partial charge in [-0.25, -0.2) is 14.4 Å². The quantitative estimate of drug-likeness (QED) is 0.542. The van der Waals surface area contributed by atoms with E-state index in [4.69, 9.17) is 4.74 Å². The van der Waals surface area contributed by atoms with Gasteiger partial charge >= 0.3 is 0 Å².